The smallest absolute Gasteiger partial charge is 0.372 e. The van der Waals surface area contributed by atoms with Crippen molar-refractivity contribution in [1.82, 2.24) is 0 Å². The van der Waals surface area contributed by atoms with Gasteiger partial charge in [-0.15, -0.1) is 0 Å². The third-order valence-electron chi connectivity index (χ3n) is 4.70. The standard InChI is InChI=1S/C21H21F3N2O5S/c1-32(27,28)30-13-18-11-26(17-8-7-16(10-25)19(9-17)21(22,23)24)20(31-18)14-29-12-15-5-3-2-4-6-15/h2-9,18,20H,11-14H2,1H3/t18-,20?/m0/s1. The molecular weight excluding hydrogens is 449 g/mol. The average Bonchev–Trinajstić information content (AvgIpc) is 3.14. The Morgan fingerprint density at radius 1 is 1.19 bits per heavy atom. The van der Waals surface area contributed by atoms with E-state index >= 15 is 0 Å². The molecular formula is C21H21F3N2O5S. The normalized spacial score (nSPS) is 19.2. The lowest BCUT2D eigenvalue weighted by molar-refractivity contribution is -0.137. The van der Waals surface area contributed by atoms with Crippen LogP contribution in [0.2, 0.25) is 0 Å². The second-order valence-corrected chi connectivity index (χ2v) is 8.84. The lowest BCUT2D eigenvalue weighted by atomic mass is 10.1. The Hall–Kier alpha value is -2.65. The SMILES string of the molecule is CS(=O)(=O)OC[C@@H]1CN(c2ccc(C#N)c(C(F)(F)F)c2)C(COCc2ccccc2)O1. The van der Waals surface area contributed by atoms with E-state index < -0.39 is 39.8 Å². The first-order valence-electron chi connectivity index (χ1n) is 9.56. The molecule has 1 aliphatic heterocycles. The van der Waals surface area contributed by atoms with Crippen LogP contribution in [0.4, 0.5) is 18.9 Å². The van der Waals surface area contributed by atoms with Gasteiger partial charge in [0, 0.05) is 12.2 Å². The maximum atomic E-state index is 13.4. The number of ether oxygens (including phenoxy) is 2. The van der Waals surface area contributed by atoms with Crippen LogP contribution in [0.25, 0.3) is 0 Å². The van der Waals surface area contributed by atoms with Gasteiger partial charge in [0.1, 0.15) is 6.10 Å². The number of anilines is 1. The summed E-state index contributed by atoms with van der Waals surface area (Å²) in [7, 11) is -3.71. The summed E-state index contributed by atoms with van der Waals surface area (Å²) in [6.07, 6.45) is -5.29. The van der Waals surface area contributed by atoms with Crippen LogP contribution in [0.3, 0.4) is 0 Å². The fourth-order valence-electron chi connectivity index (χ4n) is 3.26. The van der Waals surface area contributed by atoms with Gasteiger partial charge < -0.3 is 14.4 Å². The first-order valence-corrected chi connectivity index (χ1v) is 11.4. The molecule has 1 saturated heterocycles. The van der Waals surface area contributed by atoms with E-state index in [1.807, 2.05) is 30.3 Å². The highest BCUT2D eigenvalue weighted by Gasteiger charge is 2.37. The number of nitriles is 1. The van der Waals surface area contributed by atoms with Gasteiger partial charge in [-0.1, -0.05) is 30.3 Å². The number of nitrogens with zero attached hydrogens (tertiary/aromatic N) is 2. The fourth-order valence-corrected chi connectivity index (χ4v) is 3.66. The van der Waals surface area contributed by atoms with Crippen LogP contribution in [-0.2, 0) is 36.6 Å². The molecule has 1 aliphatic rings. The minimum absolute atomic E-state index is 0.0195. The minimum Gasteiger partial charge on any atom is -0.372 e. The summed E-state index contributed by atoms with van der Waals surface area (Å²) in [5, 5.41) is 9.02. The lowest BCUT2D eigenvalue weighted by Crippen LogP contribution is -2.34. The molecule has 0 amide bonds. The van der Waals surface area contributed by atoms with Gasteiger partial charge in [-0.2, -0.15) is 26.9 Å². The van der Waals surface area contributed by atoms with E-state index in [1.54, 1.807) is 6.07 Å². The summed E-state index contributed by atoms with van der Waals surface area (Å²) in [6, 6.07) is 14.2. The molecule has 0 radical (unpaired) electrons. The highest BCUT2D eigenvalue weighted by molar-refractivity contribution is 7.85. The van der Waals surface area contributed by atoms with Crippen molar-refractivity contribution in [2.45, 2.75) is 25.1 Å². The first-order chi connectivity index (χ1) is 15.1. The molecule has 1 unspecified atom stereocenters. The van der Waals surface area contributed by atoms with Crippen LogP contribution in [-0.4, -0.2) is 46.8 Å². The molecule has 2 aromatic rings. The fraction of sp³-hybridized carbons (Fsp3) is 0.381. The zero-order valence-electron chi connectivity index (χ0n) is 17.1. The van der Waals surface area contributed by atoms with Crippen LogP contribution >= 0.6 is 0 Å². The second kappa shape index (κ2) is 9.87. The molecule has 0 bridgehead atoms. The molecule has 0 N–H and O–H groups in total. The summed E-state index contributed by atoms with van der Waals surface area (Å²) < 4.78 is 79.1. The zero-order valence-corrected chi connectivity index (χ0v) is 17.9. The third-order valence-corrected chi connectivity index (χ3v) is 5.26. The van der Waals surface area contributed by atoms with Crippen LogP contribution in [0.1, 0.15) is 16.7 Å². The minimum atomic E-state index is -4.71. The van der Waals surface area contributed by atoms with Crippen LogP contribution in [0.5, 0.6) is 0 Å². The molecule has 172 valence electrons. The number of hydrogen-bond donors (Lipinski definition) is 0. The predicted molar refractivity (Wildman–Crippen MR) is 109 cm³/mol. The van der Waals surface area contributed by atoms with Crippen molar-refractivity contribution in [1.29, 1.82) is 5.26 Å². The van der Waals surface area contributed by atoms with Crippen molar-refractivity contribution in [3.63, 3.8) is 0 Å². The van der Waals surface area contributed by atoms with Gasteiger partial charge in [-0.05, 0) is 23.8 Å². The lowest BCUT2D eigenvalue weighted by Gasteiger charge is -2.26. The highest BCUT2D eigenvalue weighted by Crippen LogP contribution is 2.36. The molecule has 1 fully saturated rings. The Kier molecular flexibility index (Phi) is 7.40. The zero-order chi connectivity index (χ0) is 23.4. The Bertz CT molecular complexity index is 1070. The van der Waals surface area contributed by atoms with Crippen molar-refractivity contribution >= 4 is 15.8 Å². The van der Waals surface area contributed by atoms with E-state index in [-0.39, 0.29) is 32.1 Å². The van der Waals surface area contributed by atoms with Gasteiger partial charge in [0.2, 0.25) is 0 Å². The number of benzene rings is 2. The quantitative estimate of drug-likeness (QED) is 0.547. The van der Waals surface area contributed by atoms with E-state index in [1.165, 1.54) is 11.0 Å². The second-order valence-electron chi connectivity index (χ2n) is 7.19. The van der Waals surface area contributed by atoms with Crippen molar-refractivity contribution in [2.24, 2.45) is 0 Å². The van der Waals surface area contributed by atoms with Gasteiger partial charge in [-0.3, -0.25) is 4.18 Å². The summed E-state index contributed by atoms with van der Waals surface area (Å²) >= 11 is 0. The summed E-state index contributed by atoms with van der Waals surface area (Å²) in [4.78, 5) is 1.54. The molecule has 1 heterocycles. The van der Waals surface area contributed by atoms with Crippen LogP contribution in [0, 0.1) is 11.3 Å². The van der Waals surface area contributed by atoms with Crippen LogP contribution in [0.15, 0.2) is 48.5 Å². The van der Waals surface area contributed by atoms with Gasteiger partial charge in [0.25, 0.3) is 10.1 Å². The number of hydrogen-bond acceptors (Lipinski definition) is 7. The predicted octanol–water partition coefficient (Wildman–Crippen LogP) is 3.30. The molecule has 11 heteroatoms. The third kappa shape index (κ3) is 6.43. The number of rotatable bonds is 8. The van der Waals surface area contributed by atoms with Crippen molar-refractivity contribution in [3.8, 4) is 6.07 Å². The first kappa shape index (κ1) is 24.0. The number of halogens is 3. The van der Waals surface area contributed by atoms with E-state index in [0.29, 0.717) is 0 Å². The Balaban J connectivity index is 1.80. The maximum Gasteiger partial charge on any atom is 0.417 e. The van der Waals surface area contributed by atoms with E-state index in [0.717, 1.165) is 24.0 Å². The molecule has 0 aliphatic carbocycles. The molecule has 0 spiro atoms. The largest absolute Gasteiger partial charge is 0.417 e. The molecule has 2 aromatic carbocycles. The van der Waals surface area contributed by atoms with E-state index in [4.69, 9.17) is 18.9 Å². The average molecular weight is 470 g/mol. The van der Waals surface area contributed by atoms with Crippen molar-refractivity contribution < 1.29 is 35.2 Å². The molecule has 32 heavy (non-hydrogen) atoms. The summed E-state index contributed by atoms with van der Waals surface area (Å²) in [5.41, 5.74) is -0.467. The Morgan fingerprint density at radius 2 is 1.91 bits per heavy atom. The van der Waals surface area contributed by atoms with Gasteiger partial charge in [0.15, 0.2) is 6.23 Å². The topological polar surface area (TPSA) is 88.9 Å². The molecule has 3 rings (SSSR count). The molecule has 7 nitrogen and oxygen atoms in total. The van der Waals surface area contributed by atoms with E-state index in [2.05, 4.69) is 0 Å². The summed E-state index contributed by atoms with van der Waals surface area (Å²) in [6.45, 7) is 0.0802. The van der Waals surface area contributed by atoms with Crippen molar-refractivity contribution in [3.05, 3.63) is 65.2 Å². The highest BCUT2D eigenvalue weighted by atomic mass is 32.2. The Labute approximate surface area is 184 Å². The van der Waals surface area contributed by atoms with Gasteiger partial charge >= 0.3 is 6.18 Å². The molecule has 0 saturated carbocycles. The monoisotopic (exact) mass is 470 g/mol. The summed E-state index contributed by atoms with van der Waals surface area (Å²) in [5.74, 6) is 0. The van der Waals surface area contributed by atoms with Crippen LogP contribution < -0.4 is 4.90 Å². The molecule has 2 atom stereocenters. The van der Waals surface area contributed by atoms with Crippen molar-refractivity contribution in [2.75, 3.05) is 30.9 Å². The van der Waals surface area contributed by atoms with E-state index in [9.17, 15) is 21.6 Å². The maximum absolute atomic E-state index is 13.4. The number of alkyl halides is 3. The van der Waals surface area contributed by atoms with Gasteiger partial charge in [-0.25, -0.2) is 0 Å². The van der Waals surface area contributed by atoms with Gasteiger partial charge in [0.05, 0.1) is 43.3 Å². The molecule has 0 aromatic heterocycles. The Morgan fingerprint density at radius 3 is 2.53 bits per heavy atom.